The number of hydrogen-bond acceptors (Lipinski definition) is 2. The lowest BCUT2D eigenvalue weighted by Crippen LogP contribution is -1.98. The topological polar surface area (TPSA) is 35.2 Å². The van der Waals surface area contributed by atoms with Gasteiger partial charge in [0.15, 0.2) is 0 Å². The summed E-state index contributed by atoms with van der Waals surface area (Å²) in [5.41, 5.74) is 9.02. The number of allylic oxidation sites excluding steroid dienone is 1. The molecule has 2 heteroatoms. The standard InChI is InChI=1S/C17H19NO/c1-14-6-2-3-9-16(14)13-19-17-10-4-7-15(12-17)8-5-11-18/h2-7,9-12H,8,13,18H2,1H3/b11-5+. The van der Waals surface area contributed by atoms with Crippen LogP contribution in [0, 0.1) is 6.92 Å². The average molecular weight is 253 g/mol. The summed E-state index contributed by atoms with van der Waals surface area (Å²) in [5.74, 6) is 0.895. The number of rotatable bonds is 5. The van der Waals surface area contributed by atoms with Gasteiger partial charge in [-0.25, -0.2) is 0 Å². The molecule has 0 unspecified atom stereocenters. The Morgan fingerprint density at radius 2 is 1.95 bits per heavy atom. The summed E-state index contributed by atoms with van der Waals surface area (Å²) in [6.45, 7) is 2.70. The minimum absolute atomic E-state index is 0.600. The second-order valence-corrected chi connectivity index (χ2v) is 4.49. The zero-order valence-electron chi connectivity index (χ0n) is 11.2. The summed E-state index contributed by atoms with van der Waals surface area (Å²) in [6.07, 6.45) is 4.33. The van der Waals surface area contributed by atoms with Gasteiger partial charge in [0.2, 0.25) is 0 Å². The highest BCUT2D eigenvalue weighted by Crippen LogP contribution is 2.17. The Morgan fingerprint density at radius 1 is 1.11 bits per heavy atom. The number of nitrogens with two attached hydrogens (primary N) is 1. The molecule has 0 radical (unpaired) electrons. The van der Waals surface area contributed by atoms with Crippen molar-refractivity contribution in [1.82, 2.24) is 0 Å². The molecule has 0 aromatic heterocycles. The van der Waals surface area contributed by atoms with Crippen molar-refractivity contribution in [2.75, 3.05) is 0 Å². The van der Waals surface area contributed by atoms with Gasteiger partial charge in [0.1, 0.15) is 12.4 Å². The van der Waals surface area contributed by atoms with Gasteiger partial charge >= 0.3 is 0 Å². The fourth-order valence-electron chi connectivity index (χ4n) is 1.90. The first-order valence-corrected chi connectivity index (χ1v) is 6.42. The number of aryl methyl sites for hydroxylation is 1. The fourth-order valence-corrected chi connectivity index (χ4v) is 1.90. The van der Waals surface area contributed by atoms with Gasteiger partial charge in [-0.15, -0.1) is 0 Å². The van der Waals surface area contributed by atoms with Gasteiger partial charge in [0.25, 0.3) is 0 Å². The second kappa shape index (κ2) is 6.64. The summed E-state index contributed by atoms with van der Waals surface area (Å²) in [6, 6.07) is 16.4. The Balaban J connectivity index is 2.01. The first-order chi connectivity index (χ1) is 9.29. The zero-order chi connectivity index (χ0) is 13.5. The molecule has 0 heterocycles. The molecule has 0 aliphatic rings. The van der Waals surface area contributed by atoms with E-state index in [1.807, 2.05) is 30.3 Å². The lowest BCUT2D eigenvalue weighted by atomic mass is 10.1. The van der Waals surface area contributed by atoms with Crippen molar-refractivity contribution in [2.45, 2.75) is 20.0 Å². The van der Waals surface area contributed by atoms with Crippen LogP contribution >= 0.6 is 0 Å². The number of ether oxygens (including phenoxy) is 1. The molecule has 0 fully saturated rings. The molecule has 2 aromatic rings. The van der Waals surface area contributed by atoms with E-state index >= 15 is 0 Å². The molecule has 19 heavy (non-hydrogen) atoms. The molecule has 0 bridgehead atoms. The SMILES string of the molecule is Cc1ccccc1COc1cccc(C/C=C/N)c1. The summed E-state index contributed by atoms with van der Waals surface area (Å²) in [4.78, 5) is 0. The highest BCUT2D eigenvalue weighted by Gasteiger charge is 1.99. The van der Waals surface area contributed by atoms with E-state index in [9.17, 15) is 0 Å². The van der Waals surface area contributed by atoms with Crippen LogP contribution in [-0.2, 0) is 13.0 Å². The Morgan fingerprint density at radius 3 is 2.74 bits per heavy atom. The Hall–Kier alpha value is -2.22. The van der Waals surface area contributed by atoms with E-state index in [4.69, 9.17) is 10.5 Å². The number of benzene rings is 2. The van der Waals surface area contributed by atoms with Crippen molar-refractivity contribution in [3.8, 4) is 5.75 Å². The molecule has 0 saturated carbocycles. The van der Waals surface area contributed by atoms with E-state index in [0.29, 0.717) is 6.61 Å². The predicted molar refractivity (Wildman–Crippen MR) is 79.0 cm³/mol. The van der Waals surface area contributed by atoms with Crippen LogP contribution in [0.15, 0.2) is 60.8 Å². The van der Waals surface area contributed by atoms with Crippen molar-refractivity contribution in [3.05, 3.63) is 77.5 Å². The van der Waals surface area contributed by atoms with E-state index in [0.717, 1.165) is 12.2 Å². The molecule has 2 aromatic carbocycles. The maximum atomic E-state index is 5.84. The Bertz CT molecular complexity index is 561. The second-order valence-electron chi connectivity index (χ2n) is 4.49. The van der Waals surface area contributed by atoms with Gasteiger partial charge in [-0.1, -0.05) is 42.5 Å². The molecule has 2 rings (SSSR count). The quantitative estimate of drug-likeness (QED) is 0.883. The smallest absolute Gasteiger partial charge is 0.120 e. The van der Waals surface area contributed by atoms with Crippen LogP contribution in [0.4, 0.5) is 0 Å². The Labute approximate surface area is 114 Å². The molecule has 0 saturated heterocycles. The van der Waals surface area contributed by atoms with Crippen LogP contribution in [0.1, 0.15) is 16.7 Å². The van der Waals surface area contributed by atoms with Gasteiger partial charge in [0, 0.05) is 0 Å². The number of hydrogen-bond donors (Lipinski definition) is 1. The molecule has 0 amide bonds. The maximum absolute atomic E-state index is 5.84. The molecule has 2 N–H and O–H groups in total. The first kappa shape index (κ1) is 13.2. The average Bonchev–Trinajstić information content (AvgIpc) is 2.45. The summed E-state index contributed by atoms with van der Waals surface area (Å²) < 4.78 is 5.84. The monoisotopic (exact) mass is 253 g/mol. The molecule has 2 nitrogen and oxygen atoms in total. The van der Waals surface area contributed by atoms with Crippen LogP contribution in [0.5, 0.6) is 5.75 Å². The molecule has 0 spiro atoms. The fraction of sp³-hybridized carbons (Fsp3) is 0.176. The minimum Gasteiger partial charge on any atom is -0.489 e. The minimum atomic E-state index is 0.600. The zero-order valence-corrected chi connectivity index (χ0v) is 11.2. The van der Waals surface area contributed by atoms with Crippen molar-refractivity contribution in [3.63, 3.8) is 0 Å². The normalized spacial score (nSPS) is 10.8. The van der Waals surface area contributed by atoms with E-state index in [2.05, 4.69) is 31.2 Å². The van der Waals surface area contributed by atoms with Crippen molar-refractivity contribution in [2.24, 2.45) is 5.73 Å². The maximum Gasteiger partial charge on any atom is 0.120 e. The van der Waals surface area contributed by atoms with Crippen LogP contribution < -0.4 is 10.5 Å². The highest BCUT2D eigenvalue weighted by molar-refractivity contribution is 5.31. The first-order valence-electron chi connectivity index (χ1n) is 6.42. The predicted octanol–water partition coefficient (Wildman–Crippen LogP) is 3.59. The third-order valence-corrected chi connectivity index (χ3v) is 3.04. The van der Waals surface area contributed by atoms with Crippen LogP contribution in [0.3, 0.4) is 0 Å². The third kappa shape index (κ3) is 3.88. The molecule has 0 aliphatic heterocycles. The highest BCUT2D eigenvalue weighted by atomic mass is 16.5. The molecule has 0 atom stereocenters. The Kier molecular flexibility index (Phi) is 4.62. The van der Waals surface area contributed by atoms with Crippen LogP contribution in [0.25, 0.3) is 0 Å². The van der Waals surface area contributed by atoms with E-state index in [-0.39, 0.29) is 0 Å². The van der Waals surface area contributed by atoms with Crippen molar-refractivity contribution < 1.29 is 4.74 Å². The largest absolute Gasteiger partial charge is 0.489 e. The van der Waals surface area contributed by atoms with E-state index in [1.54, 1.807) is 6.20 Å². The van der Waals surface area contributed by atoms with Gasteiger partial charge in [-0.3, -0.25) is 0 Å². The molecular weight excluding hydrogens is 234 g/mol. The van der Waals surface area contributed by atoms with Gasteiger partial charge in [-0.2, -0.15) is 0 Å². The van der Waals surface area contributed by atoms with Crippen LogP contribution in [0.2, 0.25) is 0 Å². The molecule has 0 aliphatic carbocycles. The van der Waals surface area contributed by atoms with Crippen molar-refractivity contribution >= 4 is 0 Å². The summed E-state index contributed by atoms with van der Waals surface area (Å²) in [5, 5.41) is 0. The van der Waals surface area contributed by atoms with E-state index in [1.165, 1.54) is 16.7 Å². The van der Waals surface area contributed by atoms with Gasteiger partial charge in [0.05, 0.1) is 0 Å². The van der Waals surface area contributed by atoms with Crippen molar-refractivity contribution in [1.29, 1.82) is 0 Å². The lowest BCUT2D eigenvalue weighted by molar-refractivity contribution is 0.305. The third-order valence-electron chi connectivity index (χ3n) is 3.04. The van der Waals surface area contributed by atoms with Crippen LogP contribution in [-0.4, -0.2) is 0 Å². The summed E-state index contributed by atoms with van der Waals surface area (Å²) in [7, 11) is 0. The molecule has 98 valence electrons. The lowest BCUT2D eigenvalue weighted by Gasteiger charge is -2.09. The van der Waals surface area contributed by atoms with E-state index < -0.39 is 0 Å². The van der Waals surface area contributed by atoms with Gasteiger partial charge in [-0.05, 0) is 48.4 Å². The summed E-state index contributed by atoms with van der Waals surface area (Å²) >= 11 is 0. The van der Waals surface area contributed by atoms with Gasteiger partial charge < -0.3 is 10.5 Å². The molecular formula is C17H19NO.